The van der Waals surface area contributed by atoms with Gasteiger partial charge in [-0.25, -0.2) is 0 Å². The maximum atomic E-state index is 11.8. The summed E-state index contributed by atoms with van der Waals surface area (Å²) >= 11 is 0. The van der Waals surface area contributed by atoms with Crippen molar-refractivity contribution in [3.05, 3.63) is 18.0 Å². The Morgan fingerprint density at radius 1 is 1.76 bits per heavy atom. The van der Waals surface area contributed by atoms with Crippen LogP contribution >= 0.6 is 0 Å². The second kappa shape index (κ2) is 6.01. The Balaban J connectivity index is 2.61. The topological polar surface area (TPSA) is 96.7 Å². The van der Waals surface area contributed by atoms with Crippen LogP contribution in [0.25, 0.3) is 0 Å². The van der Waals surface area contributed by atoms with E-state index in [0.29, 0.717) is 18.4 Å². The Bertz CT molecular complexity index is 420. The molecule has 0 fully saturated rings. The van der Waals surface area contributed by atoms with Crippen LogP contribution in [0, 0.1) is 11.3 Å². The third-order valence-corrected chi connectivity index (χ3v) is 2.54. The third-order valence-electron chi connectivity index (χ3n) is 2.54. The summed E-state index contributed by atoms with van der Waals surface area (Å²) in [6.07, 6.45) is 4.27. The van der Waals surface area contributed by atoms with Crippen LogP contribution in [0.5, 0.6) is 0 Å². The van der Waals surface area contributed by atoms with E-state index in [1.807, 2.05) is 13.0 Å². The molecule has 1 aromatic heterocycles. The molecule has 3 N–H and O–H groups in total. The van der Waals surface area contributed by atoms with E-state index in [-0.39, 0.29) is 11.9 Å². The molecule has 17 heavy (non-hydrogen) atoms. The van der Waals surface area contributed by atoms with Crippen LogP contribution in [-0.2, 0) is 11.8 Å². The number of carbonyl (C=O) groups is 1. The molecule has 92 valence electrons. The zero-order valence-electron chi connectivity index (χ0n) is 10.1. The lowest BCUT2D eigenvalue weighted by Crippen LogP contribution is -2.40. The molecular formula is C11H17N5O. The molecule has 1 amide bonds. The largest absolute Gasteiger partial charge is 0.351 e. The van der Waals surface area contributed by atoms with Crippen molar-refractivity contribution in [2.24, 2.45) is 12.8 Å². The van der Waals surface area contributed by atoms with Crippen molar-refractivity contribution in [2.75, 3.05) is 0 Å². The van der Waals surface area contributed by atoms with E-state index in [1.165, 1.54) is 0 Å². The lowest BCUT2D eigenvalue weighted by atomic mass is 10.1. The number of hydrogen-bond acceptors (Lipinski definition) is 4. The van der Waals surface area contributed by atoms with Crippen LogP contribution in [0.2, 0.25) is 0 Å². The number of aryl methyl sites for hydroxylation is 1. The molecule has 0 aromatic carbocycles. The minimum atomic E-state index is -0.739. The predicted molar refractivity (Wildman–Crippen MR) is 62.6 cm³/mol. The number of nitrogens with one attached hydrogen (secondary N) is 1. The standard InChI is InChI=1S/C11H17N5O/c1-3-9(4-5-12)15-11(17)10(13)8-6-14-16(2)7-8/h6-7,9-10H,3-4,13H2,1-2H3,(H,15,17). The van der Waals surface area contributed by atoms with Gasteiger partial charge in [-0.3, -0.25) is 9.48 Å². The zero-order valence-corrected chi connectivity index (χ0v) is 10.1. The number of rotatable bonds is 5. The van der Waals surface area contributed by atoms with Gasteiger partial charge < -0.3 is 11.1 Å². The lowest BCUT2D eigenvalue weighted by molar-refractivity contribution is -0.123. The molecule has 0 aliphatic heterocycles. The molecule has 0 saturated carbocycles. The Hall–Kier alpha value is -1.87. The van der Waals surface area contributed by atoms with Crippen molar-refractivity contribution in [3.8, 4) is 6.07 Å². The van der Waals surface area contributed by atoms with Crippen molar-refractivity contribution in [1.82, 2.24) is 15.1 Å². The molecule has 2 unspecified atom stereocenters. The van der Waals surface area contributed by atoms with E-state index < -0.39 is 6.04 Å². The average Bonchev–Trinajstić information content (AvgIpc) is 2.74. The summed E-state index contributed by atoms with van der Waals surface area (Å²) < 4.78 is 1.59. The Morgan fingerprint density at radius 2 is 2.47 bits per heavy atom. The fraction of sp³-hybridized carbons (Fsp3) is 0.545. The van der Waals surface area contributed by atoms with Crippen LogP contribution in [0.4, 0.5) is 0 Å². The number of aromatic nitrogens is 2. The number of amides is 1. The van der Waals surface area contributed by atoms with Gasteiger partial charge in [-0.05, 0) is 6.42 Å². The molecule has 0 aliphatic carbocycles. The van der Waals surface area contributed by atoms with Crippen LogP contribution in [0.3, 0.4) is 0 Å². The molecule has 0 radical (unpaired) electrons. The molecule has 0 saturated heterocycles. The van der Waals surface area contributed by atoms with Crippen molar-refractivity contribution < 1.29 is 4.79 Å². The summed E-state index contributed by atoms with van der Waals surface area (Å²) in [6.45, 7) is 1.91. The molecule has 1 aromatic rings. The molecular weight excluding hydrogens is 218 g/mol. The average molecular weight is 235 g/mol. The van der Waals surface area contributed by atoms with Gasteiger partial charge in [0.1, 0.15) is 6.04 Å². The summed E-state index contributed by atoms with van der Waals surface area (Å²) in [4.78, 5) is 11.8. The molecule has 1 rings (SSSR count). The molecule has 0 bridgehead atoms. The fourth-order valence-corrected chi connectivity index (χ4v) is 1.45. The van der Waals surface area contributed by atoms with Crippen LogP contribution in [0.15, 0.2) is 12.4 Å². The minimum Gasteiger partial charge on any atom is -0.351 e. The smallest absolute Gasteiger partial charge is 0.241 e. The molecule has 0 spiro atoms. The summed E-state index contributed by atoms with van der Waals surface area (Å²) in [5, 5.41) is 15.3. The van der Waals surface area contributed by atoms with Gasteiger partial charge in [-0.1, -0.05) is 6.92 Å². The number of hydrogen-bond donors (Lipinski definition) is 2. The first-order valence-electron chi connectivity index (χ1n) is 5.50. The van der Waals surface area contributed by atoms with Gasteiger partial charge in [-0.2, -0.15) is 10.4 Å². The van der Waals surface area contributed by atoms with Gasteiger partial charge in [0.25, 0.3) is 0 Å². The van der Waals surface area contributed by atoms with Gasteiger partial charge in [0.15, 0.2) is 0 Å². The van der Waals surface area contributed by atoms with Gasteiger partial charge in [0, 0.05) is 24.8 Å². The van der Waals surface area contributed by atoms with Crippen LogP contribution in [0.1, 0.15) is 31.4 Å². The maximum absolute atomic E-state index is 11.8. The summed E-state index contributed by atoms with van der Waals surface area (Å²) in [7, 11) is 1.76. The van der Waals surface area contributed by atoms with Gasteiger partial charge in [0.05, 0.1) is 18.7 Å². The number of carbonyl (C=O) groups excluding carboxylic acids is 1. The van der Waals surface area contributed by atoms with Gasteiger partial charge >= 0.3 is 0 Å². The van der Waals surface area contributed by atoms with Crippen molar-refractivity contribution in [3.63, 3.8) is 0 Å². The van der Waals surface area contributed by atoms with E-state index in [9.17, 15) is 4.79 Å². The SMILES string of the molecule is CCC(CC#N)NC(=O)C(N)c1cnn(C)c1. The van der Waals surface area contributed by atoms with E-state index in [0.717, 1.165) is 0 Å². The third kappa shape index (κ3) is 3.57. The molecule has 0 aliphatic rings. The van der Waals surface area contributed by atoms with Crippen LogP contribution < -0.4 is 11.1 Å². The molecule has 6 heteroatoms. The second-order valence-electron chi connectivity index (χ2n) is 3.90. The van der Waals surface area contributed by atoms with Crippen molar-refractivity contribution in [2.45, 2.75) is 31.8 Å². The molecule has 6 nitrogen and oxygen atoms in total. The minimum absolute atomic E-state index is 0.143. The summed E-state index contributed by atoms with van der Waals surface area (Å²) in [6, 6.07) is 1.15. The quantitative estimate of drug-likeness (QED) is 0.763. The van der Waals surface area contributed by atoms with Crippen LogP contribution in [-0.4, -0.2) is 21.7 Å². The fourth-order valence-electron chi connectivity index (χ4n) is 1.45. The Kier molecular flexibility index (Phi) is 4.67. The summed E-state index contributed by atoms with van der Waals surface area (Å²) in [5.41, 5.74) is 6.47. The van der Waals surface area contributed by atoms with Gasteiger partial charge in [-0.15, -0.1) is 0 Å². The molecule has 2 atom stereocenters. The molecule has 1 heterocycles. The normalized spacial score (nSPS) is 13.8. The first-order chi connectivity index (χ1) is 8.08. The maximum Gasteiger partial charge on any atom is 0.241 e. The summed E-state index contributed by atoms with van der Waals surface area (Å²) in [5.74, 6) is -0.278. The van der Waals surface area contributed by atoms with Crippen molar-refractivity contribution >= 4 is 5.91 Å². The zero-order chi connectivity index (χ0) is 12.8. The predicted octanol–water partition coefficient (Wildman–Crippen LogP) is 0.228. The van der Waals surface area contributed by atoms with E-state index in [2.05, 4.69) is 10.4 Å². The first kappa shape index (κ1) is 13.2. The Morgan fingerprint density at radius 3 is 2.94 bits per heavy atom. The highest BCUT2D eigenvalue weighted by Gasteiger charge is 2.19. The van der Waals surface area contributed by atoms with E-state index in [1.54, 1.807) is 24.1 Å². The van der Waals surface area contributed by atoms with E-state index in [4.69, 9.17) is 11.0 Å². The highest BCUT2D eigenvalue weighted by Crippen LogP contribution is 2.09. The highest BCUT2D eigenvalue weighted by molar-refractivity contribution is 5.83. The highest BCUT2D eigenvalue weighted by atomic mass is 16.2. The number of nitrogens with two attached hydrogens (primary N) is 1. The Labute approximate surface area is 100 Å². The lowest BCUT2D eigenvalue weighted by Gasteiger charge is -2.16. The first-order valence-corrected chi connectivity index (χ1v) is 5.50. The number of nitriles is 1. The van der Waals surface area contributed by atoms with Crippen molar-refractivity contribution in [1.29, 1.82) is 5.26 Å². The number of nitrogens with zero attached hydrogens (tertiary/aromatic N) is 3. The van der Waals surface area contributed by atoms with E-state index >= 15 is 0 Å². The monoisotopic (exact) mass is 235 g/mol. The van der Waals surface area contributed by atoms with Gasteiger partial charge in [0.2, 0.25) is 5.91 Å². The second-order valence-corrected chi connectivity index (χ2v) is 3.90.